The number of carbonyl (C=O) groups is 1. The van der Waals surface area contributed by atoms with Crippen LogP contribution < -0.4 is 11.1 Å². The Kier molecular flexibility index (Phi) is 5.98. The smallest absolute Gasteiger partial charge is 0.233 e. The fourth-order valence-corrected chi connectivity index (χ4v) is 2.44. The molecule has 18 heavy (non-hydrogen) atoms. The highest BCUT2D eigenvalue weighted by atomic mass is 32.2. The van der Waals surface area contributed by atoms with Gasteiger partial charge in [-0.25, -0.2) is 0 Å². The molecule has 0 aliphatic rings. The van der Waals surface area contributed by atoms with E-state index in [1.807, 2.05) is 13.0 Å². The van der Waals surface area contributed by atoms with Gasteiger partial charge in [0.15, 0.2) is 0 Å². The zero-order valence-electron chi connectivity index (χ0n) is 11.1. The molecule has 100 valence electrons. The summed E-state index contributed by atoms with van der Waals surface area (Å²) in [7, 11) is 0. The standard InChI is InChI=1S/C13H21N3OS/c1-4-10(5-2)16-13(17)9(3)18-12-6-7-15-8-11(12)14/h6-10H,4-5,14H2,1-3H3,(H,16,17). The van der Waals surface area contributed by atoms with Gasteiger partial charge >= 0.3 is 0 Å². The molecule has 0 spiro atoms. The largest absolute Gasteiger partial charge is 0.397 e. The minimum Gasteiger partial charge on any atom is -0.397 e. The van der Waals surface area contributed by atoms with Crippen LogP contribution in [0.5, 0.6) is 0 Å². The molecule has 1 atom stereocenters. The van der Waals surface area contributed by atoms with E-state index < -0.39 is 0 Å². The molecule has 1 aromatic heterocycles. The third-order valence-corrected chi connectivity index (χ3v) is 4.01. The van der Waals surface area contributed by atoms with Gasteiger partial charge in [0.1, 0.15) is 0 Å². The second-order valence-corrected chi connectivity index (χ2v) is 5.58. The number of anilines is 1. The Hall–Kier alpha value is -1.23. The number of nitrogens with zero attached hydrogens (tertiary/aromatic N) is 1. The topological polar surface area (TPSA) is 68.0 Å². The molecule has 3 N–H and O–H groups in total. The molecule has 1 amide bonds. The summed E-state index contributed by atoms with van der Waals surface area (Å²) in [6.07, 6.45) is 5.20. The van der Waals surface area contributed by atoms with Crippen LogP contribution in [0.25, 0.3) is 0 Å². The van der Waals surface area contributed by atoms with E-state index in [1.165, 1.54) is 11.8 Å². The van der Waals surface area contributed by atoms with Gasteiger partial charge in [-0.2, -0.15) is 0 Å². The van der Waals surface area contributed by atoms with Gasteiger partial charge in [0, 0.05) is 17.1 Å². The Morgan fingerprint density at radius 1 is 1.50 bits per heavy atom. The number of nitrogen functional groups attached to an aromatic ring is 1. The van der Waals surface area contributed by atoms with E-state index in [1.54, 1.807) is 12.4 Å². The van der Waals surface area contributed by atoms with Crippen molar-refractivity contribution >= 4 is 23.4 Å². The molecule has 0 radical (unpaired) electrons. The van der Waals surface area contributed by atoms with E-state index in [0.717, 1.165) is 17.7 Å². The molecule has 0 aliphatic carbocycles. The second kappa shape index (κ2) is 7.26. The lowest BCUT2D eigenvalue weighted by molar-refractivity contribution is -0.121. The molecule has 1 heterocycles. The molecule has 5 heteroatoms. The van der Waals surface area contributed by atoms with Gasteiger partial charge in [-0.1, -0.05) is 13.8 Å². The average molecular weight is 267 g/mol. The van der Waals surface area contributed by atoms with Gasteiger partial charge in [-0.3, -0.25) is 9.78 Å². The fraction of sp³-hybridized carbons (Fsp3) is 0.538. The zero-order chi connectivity index (χ0) is 13.5. The van der Waals surface area contributed by atoms with Crippen molar-refractivity contribution in [2.45, 2.75) is 49.8 Å². The van der Waals surface area contributed by atoms with Crippen LogP contribution in [0, 0.1) is 0 Å². The first-order valence-electron chi connectivity index (χ1n) is 6.25. The van der Waals surface area contributed by atoms with E-state index in [-0.39, 0.29) is 17.2 Å². The monoisotopic (exact) mass is 267 g/mol. The molecule has 0 bridgehead atoms. The maximum atomic E-state index is 12.0. The van der Waals surface area contributed by atoms with Crippen molar-refractivity contribution < 1.29 is 4.79 Å². The Bertz CT molecular complexity index is 394. The van der Waals surface area contributed by atoms with E-state index in [4.69, 9.17) is 5.73 Å². The Balaban J connectivity index is 2.57. The average Bonchev–Trinajstić information content (AvgIpc) is 2.38. The van der Waals surface area contributed by atoms with Gasteiger partial charge in [-0.15, -0.1) is 11.8 Å². The lowest BCUT2D eigenvalue weighted by atomic mass is 10.2. The third kappa shape index (κ3) is 4.22. The van der Waals surface area contributed by atoms with Crippen LogP contribution in [0.1, 0.15) is 33.6 Å². The van der Waals surface area contributed by atoms with Crippen molar-refractivity contribution in [2.24, 2.45) is 0 Å². The highest BCUT2D eigenvalue weighted by molar-refractivity contribution is 8.00. The van der Waals surface area contributed by atoms with E-state index in [9.17, 15) is 4.79 Å². The molecule has 1 unspecified atom stereocenters. The van der Waals surface area contributed by atoms with Gasteiger partial charge in [0.2, 0.25) is 5.91 Å². The fourth-order valence-electron chi connectivity index (χ4n) is 1.56. The van der Waals surface area contributed by atoms with Crippen molar-refractivity contribution in [1.29, 1.82) is 0 Å². The van der Waals surface area contributed by atoms with Crippen molar-refractivity contribution in [2.75, 3.05) is 5.73 Å². The molecule has 0 saturated heterocycles. The van der Waals surface area contributed by atoms with Gasteiger partial charge in [0.05, 0.1) is 17.1 Å². The van der Waals surface area contributed by atoms with Crippen LogP contribution in [0.15, 0.2) is 23.4 Å². The highest BCUT2D eigenvalue weighted by Gasteiger charge is 2.17. The molecule has 4 nitrogen and oxygen atoms in total. The quantitative estimate of drug-likeness (QED) is 0.777. The van der Waals surface area contributed by atoms with E-state index in [0.29, 0.717) is 5.69 Å². The lowest BCUT2D eigenvalue weighted by Crippen LogP contribution is -2.38. The van der Waals surface area contributed by atoms with Crippen LogP contribution in [-0.2, 0) is 4.79 Å². The number of rotatable bonds is 6. The lowest BCUT2D eigenvalue weighted by Gasteiger charge is -2.18. The number of thioether (sulfide) groups is 1. The number of nitrogens with one attached hydrogen (secondary N) is 1. The first kappa shape index (κ1) is 14.8. The van der Waals surface area contributed by atoms with Gasteiger partial charge < -0.3 is 11.1 Å². The zero-order valence-corrected chi connectivity index (χ0v) is 12.0. The number of carbonyl (C=O) groups excluding carboxylic acids is 1. The van der Waals surface area contributed by atoms with Crippen molar-refractivity contribution in [1.82, 2.24) is 10.3 Å². The van der Waals surface area contributed by atoms with Crippen LogP contribution in [0.4, 0.5) is 5.69 Å². The molecule has 0 aromatic carbocycles. The Labute approximate surface area is 113 Å². The first-order valence-corrected chi connectivity index (χ1v) is 7.12. The second-order valence-electron chi connectivity index (χ2n) is 4.20. The summed E-state index contributed by atoms with van der Waals surface area (Å²) in [5.74, 6) is 0.0601. The summed E-state index contributed by atoms with van der Waals surface area (Å²) >= 11 is 1.46. The number of hydrogen-bond acceptors (Lipinski definition) is 4. The Morgan fingerprint density at radius 3 is 2.72 bits per heavy atom. The summed E-state index contributed by atoms with van der Waals surface area (Å²) in [4.78, 5) is 16.8. The van der Waals surface area contributed by atoms with Crippen molar-refractivity contribution in [3.8, 4) is 0 Å². The summed E-state index contributed by atoms with van der Waals surface area (Å²) in [5.41, 5.74) is 6.42. The maximum absolute atomic E-state index is 12.0. The number of amides is 1. The maximum Gasteiger partial charge on any atom is 0.233 e. The number of nitrogens with two attached hydrogens (primary N) is 1. The minimum absolute atomic E-state index is 0.0601. The van der Waals surface area contributed by atoms with Crippen LogP contribution in [0.3, 0.4) is 0 Å². The predicted molar refractivity (Wildman–Crippen MR) is 76.5 cm³/mol. The van der Waals surface area contributed by atoms with E-state index in [2.05, 4.69) is 24.1 Å². The van der Waals surface area contributed by atoms with Gasteiger partial charge in [0.25, 0.3) is 0 Å². The van der Waals surface area contributed by atoms with Gasteiger partial charge in [-0.05, 0) is 25.8 Å². The van der Waals surface area contributed by atoms with Crippen molar-refractivity contribution in [3.05, 3.63) is 18.5 Å². The number of hydrogen-bond donors (Lipinski definition) is 2. The SMILES string of the molecule is CCC(CC)NC(=O)C(C)Sc1ccncc1N. The van der Waals surface area contributed by atoms with Crippen molar-refractivity contribution in [3.63, 3.8) is 0 Å². The summed E-state index contributed by atoms with van der Waals surface area (Å²) in [5, 5.41) is 2.88. The molecule has 0 fully saturated rings. The molecular formula is C13H21N3OS. The minimum atomic E-state index is -0.157. The molecule has 1 aromatic rings. The summed E-state index contributed by atoms with van der Waals surface area (Å²) < 4.78 is 0. The highest BCUT2D eigenvalue weighted by Crippen LogP contribution is 2.27. The third-order valence-electron chi connectivity index (χ3n) is 2.82. The normalized spacial score (nSPS) is 12.4. The first-order chi connectivity index (χ1) is 8.58. The molecule has 1 rings (SSSR count). The Morgan fingerprint density at radius 2 is 2.17 bits per heavy atom. The van der Waals surface area contributed by atoms with Crippen LogP contribution >= 0.6 is 11.8 Å². The molecular weight excluding hydrogens is 246 g/mol. The molecule has 0 aliphatic heterocycles. The summed E-state index contributed by atoms with van der Waals surface area (Å²) in [6.45, 7) is 6.04. The summed E-state index contributed by atoms with van der Waals surface area (Å²) in [6, 6.07) is 2.09. The molecule has 0 saturated carbocycles. The van der Waals surface area contributed by atoms with E-state index >= 15 is 0 Å². The number of pyridine rings is 1. The van der Waals surface area contributed by atoms with Crippen LogP contribution in [0.2, 0.25) is 0 Å². The van der Waals surface area contributed by atoms with Crippen LogP contribution in [-0.4, -0.2) is 22.2 Å². The predicted octanol–water partition coefficient (Wildman–Crippen LogP) is 2.45. The number of aromatic nitrogens is 1.